The van der Waals surface area contributed by atoms with Crippen LogP contribution in [0.1, 0.15) is 18.4 Å². The molecule has 0 aromatic heterocycles. The maximum absolute atomic E-state index is 9.28. The summed E-state index contributed by atoms with van der Waals surface area (Å²) < 4.78 is 5.55. The minimum absolute atomic E-state index is 0.332. The van der Waals surface area contributed by atoms with Crippen LogP contribution in [0.4, 0.5) is 0 Å². The molecule has 0 atom stereocenters. The van der Waals surface area contributed by atoms with Gasteiger partial charge < -0.3 is 9.84 Å². The molecule has 0 heterocycles. The third kappa shape index (κ3) is 2.14. The number of hydrogen-bond donors (Lipinski definition) is 1. The van der Waals surface area contributed by atoms with Crippen LogP contribution in [0.2, 0.25) is 0 Å². The summed E-state index contributed by atoms with van der Waals surface area (Å²) in [6.45, 7) is 2.70. The highest BCUT2D eigenvalue weighted by atomic mass is 16.5. The predicted octanol–water partition coefficient (Wildman–Crippen LogP) is 2.49. The average Bonchev–Trinajstić information content (AvgIpc) is 2.91. The first-order valence-corrected chi connectivity index (χ1v) is 4.68. The largest absolute Gasteiger partial charge is 0.508 e. The van der Waals surface area contributed by atoms with E-state index in [4.69, 9.17) is 4.74 Å². The molecule has 0 radical (unpaired) electrons. The van der Waals surface area contributed by atoms with E-state index in [-0.39, 0.29) is 0 Å². The molecule has 2 rings (SSSR count). The topological polar surface area (TPSA) is 29.5 Å². The molecule has 2 heteroatoms. The minimum atomic E-state index is 0.332. The summed E-state index contributed by atoms with van der Waals surface area (Å²) in [4.78, 5) is 0. The average molecular weight is 178 g/mol. The molecule has 0 aliphatic heterocycles. The van der Waals surface area contributed by atoms with Crippen molar-refractivity contribution in [3.8, 4) is 11.5 Å². The first-order chi connectivity index (χ1) is 6.25. The Balaban J connectivity index is 1.98. The zero-order valence-electron chi connectivity index (χ0n) is 7.79. The van der Waals surface area contributed by atoms with Crippen LogP contribution in [0.25, 0.3) is 0 Å². The number of benzene rings is 1. The number of rotatable bonds is 3. The van der Waals surface area contributed by atoms with E-state index in [1.54, 1.807) is 6.07 Å². The Hall–Kier alpha value is -1.18. The lowest BCUT2D eigenvalue weighted by atomic mass is 10.2. The van der Waals surface area contributed by atoms with E-state index in [2.05, 4.69) is 0 Å². The van der Waals surface area contributed by atoms with Gasteiger partial charge >= 0.3 is 0 Å². The van der Waals surface area contributed by atoms with Gasteiger partial charge in [-0.1, -0.05) is 0 Å². The Morgan fingerprint density at radius 1 is 1.46 bits per heavy atom. The maximum Gasteiger partial charge on any atom is 0.119 e. The van der Waals surface area contributed by atoms with Crippen molar-refractivity contribution in [3.63, 3.8) is 0 Å². The maximum atomic E-state index is 9.28. The van der Waals surface area contributed by atoms with E-state index < -0.39 is 0 Å². The van der Waals surface area contributed by atoms with Crippen molar-refractivity contribution in [2.45, 2.75) is 19.8 Å². The Bertz CT molecular complexity index is 303. The minimum Gasteiger partial charge on any atom is -0.508 e. The van der Waals surface area contributed by atoms with Crippen LogP contribution in [0.15, 0.2) is 18.2 Å². The second-order valence-electron chi connectivity index (χ2n) is 3.70. The zero-order chi connectivity index (χ0) is 9.26. The number of ether oxygens (including phenoxy) is 1. The molecule has 1 aliphatic carbocycles. The summed E-state index contributed by atoms with van der Waals surface area (Å²) >= 11 is 0. The smallest absolute Gasteiger partial charge is 0.119 e. The molecule has 2 nitrogen and oxygen atoms in total. The van der Waals surface area contributed by atoms with Gasteiger partial charge in [0.15, 0.2) is 0 Å². The molecule has 0 saturated heterocycles. The third-order valence-electron chi connectivity index (χ3n) is 2.35. The zero-order valence-corrected chi connectivity index (χ0v) is 7.79. The first kappa shape index (κ1) is 8.42. The second-order valence-corrected chi connectivity index (χ2v) is 3.70. The third-order valence-corrected chi connectivity index (χ3v) is 2.35. The van der Waals surface area contributed by atoms with Gasteiger partial charge in [-0.2, -0.15) is 0 Å². The van der Waals surface area contributed by atoms with Gasteiger partial charge in [-0.05, 0) is 49.4 Å². The highest BCUT2D eigenvalue weighted by Gasteiger charge is 2.21. The lowest BCUT2D eigenvalue weighted by Gasteiger charge is -2.06. The van der Waals surface area contributed by atoms with Gasteiger partial charge in [-0.3, -0.25) is 0 Å². The molecule has 0 amide bonds. The molecule has 1 fully saturated rings. The van der Waals surface area contributed by atoms with E-state index in [1.807, 2.05) is 19.1 Å². The molecular formula is C11H14O2. The van der Waals surface area contributed by atoms with Gasteiger partial charge in [0.1, 0.15) is 11.5 Å². The summed E-state index contributed by atoms with van der Waals surface area (Å²) in [5.74, 6) is 1.97. The van der Waals surface area contributed by atoms with Gasteiger partial charge in [0, 0.05) is 0 Å². The van der Waals surface area contributed by atoms with E-state index in [9.17, 15) is 5.11 Å². The Labute approximate surface area is 78.2 Å². The number of aryl methyl sites for hydroxylation is 1. The fraction of sp³-hybridized carbons (Fsp3) is 0.455. The van der Waals surface area contributed by atoms with Crippen molar-refractivity contribution in [1.82, 2.24) is 0 Å². The van der Waals surface area contributed by atoms with Crippen molar-refractivity contribution >= 4 is 0 Å². The van der Waals surface area contributed by atoms with Crippen molar-refractivity contribution in [2.24, 2.45) is 5.92 Å². The lowest BCUT2D eigenvalue weighted by Crippen LogP contribution is -1.98. The highest BCUT2D eigenvalue weighted by Crippen LogP contribution is 2.30. The summed E-state index contributed by atoms with van der Waals surface area (Å²) in [6.07, 6.45) is 2.61. The van der Waals surface area contributed by atoms with E-state index in [0.29, 0.717) is 5.75 Å². The molecule has 1 aromatic rings. The van der Waals surface area contributed by atoms with Crippen LogP contribution in [0.3, 0.4) is 0 Å². The van der Waals surface area contributed by atoms with Crippen LogP contribution in [0, 0.1) is 12.8 Å². The molecule has 1 aromatic carbocycles. The Morgan fingerprint density at radius 3 is 2.85 bits per heavy atom. The highest BCUT2D eigenvalue weighted by molar-refractivity contribution is 5.38. The quantitative estimate of drug-likeness (QED) is 0.770. The molecule has 0 spiro atoms. The van der Waals surface area contributed by atoms with E-state index >= 15 is 0 Å². The first-order valence-electron chi connectivity index (χ1n) is 4.68. The molecule has 13 heavy (non-hydrogen) atoms. The summed E-state index contributed by atoms with van der Waals surface area (Å²) in [7, 11) is 0. The normalized spacial score (nSPS) is 15.8. The number of aromatic hydroxyl groups is 1. The predicted molar refractivity (Wildman–Crippen MR) is 51.1 cm³/mol. The van der Waals surface area contributed by atoms with Crippen LogP contribution < -0.4 is 4.74 Å². The summed E-state index contributed by atoms with van der Waals surface area (Å²) in [5, 5.41) is 9.28. The lowest BCUT2D eigenvalue weighted by molar-refractivity contribution is 0.299. The van der Waals surface area contributed by atoms with Gasteiger partial charge in [0.25, 0.3) is 0 Å². The second kappa shape index (κ2) is 3.29. The van der Waals surface area contributed by atoms with Crippen LogP contribution in [-0.4, -0.2) is 11.7 Å². The molecule has 70 valence electrons. The molecule has 1 saturated carbocycles. The van der Waals surface area contributed by atoms with Gasteiger partial charge in [0.05, 0.1) is 6.61 Å². The number of hydrogen-bond acceptors (Lipinski definition) is 2. The van der Waals surface area contributed by atoms with E-state index in [1.165, 1.54) is 12.8 Å². The van der Waals surface area contributed by atoms with Crippen LogP contribution in [0.5, 0.6) is 11.5 Å². The van der Waals surface area contributed by atoms with Gasteiger partial charge in [-0.15, -0.1) is 0 Å². The van der Waals surface area contributed by atoms with Crippen molar-refractivity contribution in [2.75, 3.05) is 6.61 Å². The van der Waals surface area contributed by atoms with Gasteiger partial charge in [-0.25, -0.2) is 0 Å². The van der Waals surface area contributed by atoms with Crippen LogP contribution >= 0.6 is 0 Å². The molecule has 1 N–H and O–H groups in total. The number of phenols is 1. The fourth-order valence-electron chi connectivity index (χ4n) is 1.22. The Morgan fingerprint density at radius 2 is 2.23 bits per heavy atom. The van der Waals surface area contributed by atoms with Crippen molar-refractivity contribution in [3.05, 3.63) is 23.8 Å². The van der Waals surface area contributed by atoms with Crippen molar-refractivity contribution in [1.29, 1.82) is 0 Å². The molecular weight excluding hydrogens is 164 g/mol. The fourth-order valence-corrected chi connectivity index (χ4v) is 1.22. The molecule has 1 aliphatic rings. The summed E-state index contributed by atoms with van der Waals surface area (Å²) in [5.41, 5.74) is 0.869. The monoisotopic (exact) mass is 178 g/mol. The summed E-state index contributed by atoms with van der Waals surface area (Å²) in [6, 6.07) is 5.36. The van der Waals surface area contributed by atoms with Crippen molar-refractivity contribution < 1.29 is 9.84 Å². The van der Waals surface area contributed by atoms with E-state index in [0.717, 1.165) is 23.8 Å². The standard InChI is InChI=1S/C11H14O2/c1-8-6-10(4-5-11(8)12)13-7-9-2-3-9/h4-6,9,12H,2-3,7H2,1H3. The molecule has 0 bridgehead atoms. The molecule has 0 unspecified atom stereocenters. The number of phenolic OH excluding ortho intramolecular Hbond substituents is 1. The Kier molecular flexibility index (Phi) is 2.13. The SMILES string of the molecule is Cc1cc(OCC2CC2)ccc1O. The van der Waals surface area contributed by atoms with Crippen LogP contribution in [-0.2, 0) is 0 Å². The van der Waals surface area contributed by atoms with Gasteiger partial charge in [0.2, 0.25) is 0 Å².